The molecule has 0 radical (unpaired) electrons. The topological polar surface area (TPSA) is 173 Å². The van der Waals surface area contributed by atoms with Crippen LogP contribution in [-0.2, 0) is 44.6 Å². The fourth-order valence-corrected chi connectivity index (χ4v) is 8.57. The quantitative estimate of drug-likeness (QED) is 0.0593. The van der Waals surface area contributed by atoms with Gasteiger partial charge in [-0.3, -0.25) is 13.6 Å². The van der Waals surface area contributed by atoms with E-state index in [4.69, 9.17) is 33.5 Å². The predicted molar refractivity (Wildman–Crippen MR) is 205 cm³/mol. The molecule has 13 nitrogen and oxygen atoms in total. The highest BCUT2D eigenvalue weighted by molar-refractivity contribution is 7.48. The average molecular weight is 770 g/mol. The normalized spacial score (nSPS) is 24.4. The van der Waals surface area contributed by atoms with Gasteiger partial charge in [0.2, 0.25) is 5.60 Å². The van der Waals surface area contributed by atoms with Crippen LogP contribution in [0, 0.1) is 11.3 Å². The lowest BCUT2D eigenvalue weighted by molar-refractivity contribution is -0.0824. The largest absolute Gasteiger partial charge is 0.475 e. The summed E-state index contributed by atoms with van der Waals surface area (Å²) in [6.45, 7) is 4.18. The molecule has 4 heterocycles. The fraction of sp³-hybridized carbons (Fsp3) is 0.675. The Bertz CT molecular complexity index is 1620. The smallest absolute Gasteiger partial charge is 0.386 e. The van der Waals surface area contributed by atoms with Crippen LogP contribution >= 0.6 is 7.82 Å². The number of phosphoric acid groups is 1. The van der Waals surface area contributed by atoms with Crippen molar-refractivity contribution < 1.29 is 37.5 Å². The molecule has 2 aliphatic rings. The zero-order valence-corrected chi connectivity index (χ0v) is 32.8. The van der Waals surface area contributed by atoms with E-state index in [1.807, 2.05) is 30.3 Å². The SMILES string of the molecule is CCCCCCCCCOCCCCCCCCCC[C@H](COP1(=O)OC[C@H]2O[C@@](C#N)(c3ccc4c(N)ncnn34)C(O)[C@H]2O1)OCc1ccccc1. The Morgan fingerprint density at radius 2 is 1.65 bits per heavy atom. The maximum absolute atomic E-state index is 13.8. The van der Waals surface area contributed by atoms with Crippen molar-refractivity contribution in [3.05, 3.63) is 60.0 Å². The number of rotatable bonds is 26. The number of nitriles is 1. The first-order valence-corrected chi connectivity index (χ1v) is 21.5. The van der Waals surface area contributed by atoms with Crippen LogP contribution in [0.2, 0.25) is 0 Å². The number of benzene rings is 1. The van der Waals surface area contributed by atoms with Gasteiger partial charge in [-0.2, -0.15) is 10.4 Å². The summed E-state index contributed by atoms with van der Waals surface area (Å²) < 4.78 is 50.5. The Kier molecular flexibility index (Phi) is 17.2. The third-order valence-corrected chi connectivity index (χ3v) is 11.7. The van der Waals surface area contributed by atoms with Crippen LogP contribution in [0.1, 0.15) is 121 Å². The molecule has 6 atom stereocenters. The van der Waals surface area contributed by atoms with Crippen molar-refractivity contribution in [2.75, 3.05) is 32.2 Å². The lowest BCUT2D eigenvalue weighted by Gasteiger charge is -2.31. The number of phosphoric ester groups is 1. The second kappa shape index (κ2) is 22.0. The zero-order chi connectivity index (χ0) is 38.1. The molecule has 0 bridgehead atoms. The summed E-state index contributed by atoms with van der Waals surface area (Å²) in [5.74, 6) is 0.205. The molecular formula is C40H60N5O8P. The molecule has 3 N–H and O–H groups in total. The van der Waals surface area contributed by atoms with E-state index in [0.29, 0.717) is 18.5 Å². The van der Waals surface area contributed by atoms with Gasteiger partial charge in [0, 0.05) is 13.2 Å². The summed E-state index contributed by atoms with van der Waals surface area (Å²) in [5.41, 5.74) is 5.81. The summed E-state index contributed by atoms with van der Waals surface area (Å²) in [7, 11) is -4.14. The van der Waals surface area contributed by atoms with Crippen LogP contribution in [0.4, 0.5) is 5.82 Å². The first-order chi connectivity index (χ1) is 26.4. The first kappa shape index (κ1) is 42.2. The van der Waals surface area contributed by atoms with Gasteiger partial charge in [-0.15, -0.1) is 0 Å². The van der Waals surface area contributed by atoms with Gasteiger partial charge in [0.05, 0.1) is 31.6 Å². The number of nitrogen functional groups attached to an aromatic ring is 1. The minimum Gasteiger partial charge on any atom is -0.386 e. The fourth-order valence-electron chi connectivity index (χ4n) is 7.15. The van der Waals surface area contributed by atoms with Gasteiger partial charge in [0.25, 0.3) is 0 Å². The third kappa shape index (κ3) is 11.8. The van der Waals surface area contributed by atoms with Crippen molar-refractivity contribution >= 4 is 19.2 Å². The highest BCUT2D eigenvalue weighted by atomic mass is 31.2. The van der Waals surface area contributed by atoms with Crippen LogP contribution in [0.25, 0.3) is 5.52 Å². The maximum Gasteiger partial charge on any atom is 0.475 e. The number of anilines is 1. The molecule has 5 rings (SSSR count). The van der Waals surface area contributed by atoms with Crippen LogP contribution < -0.4 is 5.73 Å². The number of hydrogen-bond donors (Lipinski definition) is 2. The van der Waals surface area contributed by atoms with Gasteiger partial charge >= 0.3 is 7.82 Å². The number of unbranched alkanes of at least 4 members (excludes halogenated alkanes) is 13. The average Bonchev–Trinajstić information content (AvgIpc) is 3.75. The zero-order valence-electron chi connectivity index (χ0n) is 31.9. The van der Waals surface area contributed by atoms with Gasteiger partial charge in [-0.1, -0.05) is 121 Å². The molecule has 3 aromatic rings. The number of fused-ring (bicyclic) bond motifs is 2. The molecular weight excluding hydrogens is 709 g/mol. The molecule has 1 aromatic carbocycles. The molecule has 2 aromatic heterocycles. The number of aromatic nitrogens is 3. The molecule has 0 spiro atoms. The molecule has 2 unspecified atom stereocenters. The number of aliphatic hydroxyl groups is 1. The maximum atomic E-state index is 13.8. The number of ether oxygens (including phenoxy) is 3. The minimum absolute atomic E-state index is 0.0254. The number of nitrogens with zero attached hydrogens (tertiary/aromatic N) is 4. The molecule has 2 fully saturated rings. The molecule has 298 valence electrons. The standard InChI is InChI=1S/C40H60N5O8P/c1-2-3-4-5-9-12-18-25-48-26-19-13-10-7-6-8-11-17-22-33(49-27-32-20-15-14-16-21-32)28-50-54(47)51-29-35-37(53-54)38(46)40(30-41,52-35)36-24-23-34-39(42)43-31-44-45(34)36/h14-16,20-21,23-24,31,33,35,37-38,46H,2-13,17-19,22,25-29H2,1H3,(H2,42,43,44)/t33-,35-,37+,38?,40+,54?/m1/s1. The van der Waals surface area contributed by atoms with Crippen molar-refractivity contribution in [1.82, 2.24) is 14.6 Å². The lowest BCUT2D eigenvalue weighted by atomic mass is 9.92. The first-order valence-electron chi connectivity index (χ1n) is 20.1. The molecule has 0 amide bonds. The van der Waals surface area contributed by atoms with Gasteiger partial charge in [-0.05, 0) is 37.0 Å². The van der Waals surface area contributed by atoms with E-state index in [1.54, 1.807) is 12.1 Å². The summed E-state index contributed by atoms with van der Waals surface area (Å²) in [4.78, 5) is 3.98. The Morgan fingerprint density at radius 1 is 0.981 bits per heavy atom. The number of hydrogen-bond acceptors (Lipinski definition) is 12. The number of nitrogens with two attached hydrogens (primary N) is 1. The molecule has 2 saturated heterocycles. The number of aliphatic hydroxyl groups excluding tert-OH is 1. The summed E-state index contributed by atoms with van der Waals surface area (Å²) in [6, 6.07) is 15.2. The minimum atomic E-state index is -4.14. The highest BCUT2D eigenvalue weighted by Gasteiger charge is 2.62. The van der Waals surface area contributed by atoms with Crippen LogP contribution in [0.15, 0.2) is 48.8 Å². The van der Waals surface area contributed by atoms with E-state index in [9.17, 15) is 14.9 Å². The van der Waals surface area contributed by atoms with Gasteiger partial charge in [0.1, 0.15) is 36.2 Å². The van der Waals surface area contributed by atoms with E-state index < -0.39 is 31.7 Å². The third-order valence-electron chi connectivity index (χ3n) is 10.3. The highest BCUT2D eigenvalue weighted by Crippen LogP contribution is 2.58. The van der Waals surface area contributed by atoms with E-state index in [1.165, 1.54) is 81.5 Å². The summed E-state index contributed by atoms with van der Waals surface area (Å²) in [6.07, 6.45) is 16.4. The Morgan fingerprint density at radius 3 is 2.33 bits per heavy atom. The van der Waals surface area contributed by atoms with Crippen molar-refractivity contribution in [2.45, 2.75) is 146 Å². The van der Waals surface area contributed by atoms with Crippen LogP contribution in [0.5, 0.6) is 0 Å². The summed E-state index contributed by atoms with van der Waals surface area (Å²) in [5, 5.41) is 26.0. The Hall–Kier alpha value is -2.92. The molecule has 54 heavy (non-hydrogen) atoms. The van der Waals surface area contributed by atoms with Crippen molar-refractivity contribution in [3.63, 3.8) is 0 Å². The van der Waals surface area contributed by atoms with E-state index in [-0.39, 0.29) is 30.8 Å². The molecule has 0 aliphatic carbocycles. The predicted octanol–water partition coefficient (Wildman–Crippen LogP) is 8.19. The second-order valence-electron chi connectivity index (χ2n) is 14.5. The van der Waals surface area contributed by atoms with Gasteiger partial charge < -0.3 is 25.1 Å². The molecule has 2 aliphatic heterocycles. The van der Waals surface area contributed by atoms with Crippen LogP contribution in [0.3, 0.4) is 0 Å². The van der Waals surface area contributed by atoms with E-state index in [0.717, 1.165) is 44.5 Å². The van der Waals surface area contributed by atoms with Gasteiger partial charge in [-0.25, -0.2) is 14.1 Å². The van der Waals surface area contributed by atoms with Crippen molar-refractivity contribution in [3.8, 4) is 6.07 Å². The molecule has 0 saturated carbocycles. The lowest BCUT2D eigenvalue weighted by Crippen LogP contribution is -2.43. The second-order valence-corrected chi connectivity index (χ2v) is 16.1. The van der Waals surface area contributed by atoms with Gasteiger partial charge in [0.15, 0.2) is 5.82 Å². The van der Waals surface area contributed by atoms with Crippen molar-refractivity contribution in [1.29, 1.82) is 5.26 Å². The van der Waals surface area contributed by atoms with E-state index in [2.05, 4.69) is 23.1 Å². The molecule has 14 heteroatoms. The van der Waals surface area contributed by atoms with Crippen molar-refractivity contribution in [2.24, 2.45) is 0 Å². The van der Waals surface area contributed by atoms with Crippen LogP contribution in [-0.4, -0.2) is 70.5 Å². The van der Waals surface area contributed by atoms with E-state index >= 15 is 0 Å². The summed E-state index contributed by atoms with van der Waals surface area (Å²) >= 11 is 0. The Labute approximate surface area is 320 Å². The Balaban J connectivity index is 1.02. The monoisotopic (exact) mass is 769 g/mol.